The number of aryl methyl sites for hydroxylation is 1. The number of halogens is 1. The number of anilines is 1. The molecule has 1 saturated heterocycles. The predicted octanol–water partition coefficient (Wildman–Crippen LogP) is 2.88. The van der Waals surface area contributed by atoms with Gasteiger partial charge >= 0.3 is 0 Å². The van der Waals surface area contributed by atoms with E-state index in [9.17, 15) is 4.79 Å². The summed E-state index contributed by atoms with van der Waals surface area (Å²) in [5.74, 6) is 1.04. The molecule has 0 radical (unpaired) electrons. The third-order valence-electron chi connectivity index (χ3n) is 5.44. The molecule has 0 unspecified atom stereocenters. The van der Waals surface area contributed by atoms with Crippen LogP contribution in [0.1, 0.15) is 25.5 Å². The van der Waals surface area contributed by atoms with Gasteiger partial charge in [0.1, 0.15) is 10.8 Å². The number of unbranched alkanes of at least 4 members (excludes halogenated alkanes) is 1. The molecule has 1 N–H and O–H groups in total. The van der Waals surface area contributed by atoms with Gasteiger partial charge in [-0.3, -0.25) is 9.69 Å². The minimum Gasteiger partial charge on any atom is -0.355 e. The van der Waals surface area contributed by atoms with Gasteiger partial charge < -0.3 is 10.2 Å². The summed E-state index contributed by atoms with van der Waals surface area (Å²) in [6.07, 6.45) is 2.11. The molecule has 1 amide bonds. The number of nitrogens with one attached hydrogen (secondary N) is 1. The second-order valence-electron chi connectivity index (χ2n) is 7.55. The van der Waals surface area contributed by atoms with E-state index in [0.717, 1.165) is 68.0 Å². The Labute approximate surface area is 175 Å². The van der Waals surface area contributed by atoms with E-state index in [-0.39, 0.29) is 5.91 Å². The van der Waals surface area contributed by atoms with E-state index in [2.05, 4.69) is 33.2 Å². The Balaban J connectivity index is 1.52. The lowest BCUT2D eigenvalue weighted by atomic mass is 10.2. The molecule has 1 aliphatic rings. The number of rotatable bonds is 6. The number of hydrogen-bond acceptors (Lipinski definition) is 5. The molecule has 8 heteroatoms. The average Bonchev–Trinajstić information content (AvgIpc) is 3.02. The van der Waals surface area contributed by atoms with Gasteiger partial charge in [-0.25, -0.2) is 9.50 Å². The van der Waals surface area contributed by atoms with E-state index in [1.54, 1.807) is 0 Å². The van der Waals surface area contributed by atoms with Crippen LogP contribution in [0.15, 0.2) is 24.3 Å². The monoisotopic (exact) mass is 414 g/mol. The quantitative estimate of drug-likeness (QED) is 0.628. The average molecular weight is 415 g/mol. The third kappa shape index (κ3) is 4.02. The number of nitrogens with zero attached hydrogens (tertiary/aromatic N) is 5. The van der Waals surface area contributed by atoms with Crippen molar-refractivity contribution in [3.05, 3.63) is 35.0 Å². The fourth-order valence-corrected chi connectivity index (χ4v) is 3.95. The minimum absolute atomic E-state index is 0.110. The first-order chi connectivity index (χ1) is 14.1. The van der Waals surface area contributed by atoms with Crippen molar-refractivity contribution < 1.29 is 4.79 Å². The second kappa shape index (κ2) is 8.55. The Hall–Kier alpha value is -2.38. The molecule has 0 aliphatic carbocycles. The van der Waals surface area contributed by atoms with Crippen LogP contribution in [0.3, 0.4) is 0 Å². The zero-order chi connectivity index (χ0) is 20.4. The maximum atomic E-state index is 12.1. The molecular formula is C21H27ClN6O. The molecule has 29 heavy (non-hydrogen) atoms. The Morgan fingerprint density at radius 1 is 1.21 bits per heavy atom. The molecule has 0 saturated carbocycles. The Morgan fingerprint density at radius 2 is 1.97 bits per heavy atom. The molecule has 1 aliphatic heterocycles. The van der Waals surface area contributed by atoms with Crippen molar-refractivity contribution in [2.45, 2.75) is 26.7 Å². The first kappa shape index (κ1) is 19.9. The minimum atomic E-state index is 0.110. The molecule has 154 valence electrons. The van der Waals surface area contributed by atoms with Crippen molar-refractivity contribution in [1.82, 2.24) is 24.8 Å². The number of carbonyl (C=O) groups is 1. The normalized spacial score (nSPS) is 15.3. The highest BCUT2D eigenvalue weighted by Crippen LogP contribution is 2.30. The van der Waals surface area contributed by atoms with Crippen molar-refractivity contribution in [2.75, 3.05) is 44.2 Å². The highest BCUT2D eigenvalue weighted by molar-refractivity contribution is 6.34. The Morgan fingerprint density at radius 3 is 2.72 bits per heavy atom. The van der Waals surface area contributed by atoms with Crippen molar-refractivity contribution >= 4 is 39.9 Å². The SMILES string of the molecule is CCCCNC(=O)CN1CCN(c2nc3c(Cl)c(C)nn3c3ccccc23)CC1. The summed E-state index contributed by atoms with van der Waals surface area (Å²) in [6.45, 7) is 8.53. The van der Waals surface area contributed by atoms with Gasteiger partial charge in [0.15, 0.2) is 5.65 Å². The summed E-state index contributed by atoms with van der Waals surface area (Å²) in [5, 5.41) is 9.21. The van der Waals surface area contributed by atoms with E-state index in [4.69, 9.17) is 16.6 Å². The number of benzene rings is 1. The highest BCUT2D eigenvalue weighted by Gasteiger charge is 2.23. The van der Waals surface area contributed by atoms with Crippen molar-refractivity contribution in [1.29, 1.82) is 0 Å². The van der Waals surface area contributed by atoms with Crippen molar-refractivity contribution in [2.24, 2.45) is 0 Å². The molecule has 0 bridgehead atoms. The van der Waals surface area contributed by atoms with E-state index in [1.165, 1.54) is 0 Å². The summed E-state index contributed by atoms with van der Waals surface area (Å²) in [5.41, 5.74) is 2.47. The summed E-state index contributed by atoms with van der Waals surface area (Å²) < 4.78 is 1.83. The lowest BCUT2D eigenvalue weighted by Crippen LogP contribution is -2.49. The smallest absolute Gasteiger partial charge is 0.234 e. The number of fused-ring (bicyclic) bond motifs is 3. The van der Waals surface area contributed by atoms with E-state index in [1.807, 2.05) is 29.6 Å². The molecule has 7 nitrogen and oxygen atoms in total. The molecule has 2 aromatic heterocycles. The molecule has 0 spiro atoms. The highest BCUT2D eigenvalue weighted by atomic mass is 35.5. The Bertz CT molecular complexity index is 1020. The standard InChI is InChI=1S/C21H27ClN6O/c1-3-4-9-23-18(29)14-26-10-12-27(13-11-26)20-16-7-5-6-8-17(16)28-21(24-20)19(22)15(2)25-28/h5-8H,3-4,9-14H2,1-2H3,(H,23,29). The topological polar surface area (TPSA) is 65.8 Å². The fraction of sp³-hybridized carbons (Fsp3) is 0.476. The third-order valence-corrected chi connectivity index (χ3v) is 5.88. The molecule has 1 aromatic carbocycles. The summed E-state index contributed by atoms with van der Waals surface area (Å²) in [7, 11) is 0. The zero-order valence-electron chi connectivity index (χ0n) is 17.0. The summed E-state index contributed by atoms with van der Waals surface area (Å²) >= 11 is 6.47. The largest absolute Gasteiger partial charge is 0.355 e. The molecule has 3 heterocycles. The molecular weight excluding hydrogens is 388 g/mol. The maximum absolute atomic E-state index is 12.1. The van der Waals surface area contributed by atoms with Gasteiger partial charge in [-0.1, -0.05) is 37.1 Å². The number of hydrogen-bond donors (Lipinski definition) is 1. The number of aromatic nitrogens is 3. The number of carbonyl (C=O) groups excluding carboxylic acids is 1. The van der Waals surface area contributed by atoms with E-state index < -0.39 is 0 Å². The van der Waals surface area contributed by atoms with Gasteiger partial charge in [0.25, 0.3) is 0 Å². The summed E-state index contributed by atoms with van der Waals surface area (Å²) in [6, 6.07) is 8.16. The van der Waals surface area contributed by atoms with E-state index in [0.29, 0.717) is 17.2 Å². The van der Waals surface area contributed by atoms with Gasteiger partial charge in [-0.15, -0.1) is 0 Å². The Kier molecular flexibility index (Phi) is 5.87. The van der Waals surface area contributed by atoms with Gasteiger partial charge in [0.05, 0.1) is 17.8 Å². The van der Waals surface area contributed by atoms with Crippen LogP contribution in [0.4, 0.5) is 5.82 Å². The number of amides is 1. The van der Waals surface area contributed by atoms with Crippen molar-refractivity contribution in [3.63, 3.8) is 0 Å². The van der Waals surface area contributed by atoms with Crippen LogP contribution in [0, 0.1) is 6.92 Å². The van der Waals surface area contributed by atoms with Gasteiger partial charge in [0, 0.05) is 38.1 Å². The van der Waals surface area contributed by atoms with Gasteiger partial charge in [-0.2, -0.15) is 5.10 Å². The van der Waals surface area contributed by atoms with Crippen LogP contribution < -0.4 is 10.2 Å². The molecule has 1 fully saturated rings. The lowest BCUT2D eigenvalue weighted by molar-refractivity contribution is -0.122. The molecule has 3 aromatic rings. The van der Waals surface area contributed by atoms with Crippen LogP contribution in [0.2, 0.25) is 5.02 Å². The van der Waals surface area contributed by atoms with Crippen LogP contribution in [0.25, 0.3) is 16.6 Å². The first-order valence-corrected chi connectivity index (χ1v) is 10.6. The molecule has 0 atom stereocenters. The van der Waals surface area contributed by atoms with Gasteiger partial charge in [0.2, 0.25) is 5.91 Å². The second-order valence-corrected chi connectivity index (χ2v) is 7.93. The maximum Gasteiger partial charge on any atom is 0.234 e. The predicted molar refractivity (Wildman–Crippen MR) is 117 cm³/mol. The van der Waals surface area contributed by atoms with Crippen LogP contribution in [0.5, 0.6) is 0 Å². The van der Waals surface area contributed by atoms with E-state index >= 15 is 0 Å². The van der Waals surface area contributed by atoms with Crippen LogP contribution >= 0.6 is 11.6 Å². The number of para-hydroxylation sites is 1. The molecule has 4 rings (SSSR count). The lowest BCUT2D eigenvalue weighted by Gasteiger charge is -2.35. The fourth-order valence-electron chi connectivity index (χ4n) is 3.79. The van der Waals surface area contributed by atoms with Gasteiger partial charge in [-0.05, 0) is 25.5 Å². The van der Waals surface area contributed by atoms with Crippen molar-refractivity contribution in [3.8, 4) is 0 Å². The number of piperazine rings is 1. The first-order valence-electron chi connectivity index (χ1n) is 10.3. The summed E-state index contributed by atoms with van der Waals surface area (Å²) in [4.78, 5) is 21.5. The zero-order valence-corrected chi connectivity index (χ0v) is 17.7. The van der Waals surface area contributed by atoms with Crippen LogP contribution in [-0.4, -0.2) is 64.7 Å². The van der Waals surface area contributed by atoms with Crippen LogP contribution in [-0.2, 0) is 4.79 Å².